The monoisotopic (exact) mass is 504 g/mol. The second-order valence-corrected chi connectivity index (χ2v) is 8.90. The molecule has 1 aromatic carbocycles. The Hall–Kier alpha value is -3.07. The lowest BCUT2D eigenvalue weighted by atomic mass is 9.96. The van der Waals surface area contributed by atoms with Gasteiger partial charge in [0.1, 0.15) is 10.8 Å². The number of hydrogen-bond acceptors (Lipinski definition) is 7. The lowest BCUT2D eigenvalue weighted by Crippen LogP contribution is -2.28. The molecule has 0 radical (unpaired) electrons. The number of likely N-dealkylation sites (tertiary alicyclic amines) is 1. The van der Waals surface area contributed by atoms with Crippen LogP contribution in [0.25, 0.3) is 5.76 Å². The first-order valence-electron chi connectivity index (χ1n) is 9.70. The lowest BCUT2D eigenvalue weighted by molar-refractivity contribution is -0.140. The van der Waals surface area contributed by atoms with Crippen LogP contribution in [-0.4, -0.2) is 40.9 Å². The predicted molar refractivity (Wildman–Crippen MR) is 126 cm³/mol. The van der Waals surface area contributed by atoms with Gasteiger partial charge in [-0.3, -0.25) is 14.6 Å². The van der Waals surface area contributed by atoms with E-state index in [1.165, 1.54) is 36.5 Å². The van der Waals surface area contributed by atoms with Crippen molar-refractivity contribution < 1.29 is 24.2 Å². The van der Waals surface area contributed by atoms with Gasteiger partial charge in [0.05, 0.1) is 43.0 Å². The van der Waals surface area contributed by atoms with Crippen LogP contribution in [0.15, 0.2) is 53.7 Å². The number of nitrogens with zero attached hydrogens (tertiary/aromatic N) is 2. The van der Waals surface area contributed by atoms with E-state index in [1.807, 2.05) is 17.5 Å². The maximum absolute atomic E-state index is 13.2. The number of methoxy groups -OCH3 is 2. The Morgan fingerprint density at radius 3 is 2.55 bits per heavy atom. The second kappa shape index (κ2) is 9.43. The van der Waals surface area contributed by atoms with E-state index in [4.69, 9.17) is 32.7 Å². The fourth-order valence-corrected chi connectivity index (χ4v) is 5.18. The molecule has 3 heterocycles. The molecule has 2 aromatic heterocycles. The van der Waals surface area contributed by atoms with Gasteiger partial charge in [-0.2, -0.15) is 0 Å². The van der Waals surface area contributed by atoms with Crippen LogP contribution in [-0.2, 0) is 16.1 Å². The summed E-state index contributed by atoms with van der Waals surface area (Å²) in [6.07, 6.45) is 3.14. The Balaban J connectivity index is 1.94. The SMILES string of the molecule is COc1c(Cl)cc(/C(O)=C2\C(=O)C(=O)N(Cc3cccs3)C2c2cccnc2)c(OC)c1Cl. The molecule has 1 aliphatic rings. The molecule has 170 valence electrons. The highest BCUT2D eigenvalue weighted by molar-refractivity contribution is 7.09. The molecule has 3 aromatic rings. The molecule has 0 spiro atoms. The maximum atomic E-state index is 13.2. The average molecular weight is 505 g/mol. The minimum absolute atomic E-state index is 0.0276. The molecule has 10 heteroatoms. The average Bonchev–Trinajstić information content (AvgIpc) is 3.41. The Bertz CT molecular complexity index is 1250. The molecule has 0 saturated carbocycles. The topological polar surface area (TPSA) is 89.0 Å². The molecular weight excluding hydrogens is 487 g/mol. The van der Waals surface area contributed by atoms with E-state index in [2.05, 4.69) is 4.98 Å². The molecule has 0 bridgehead atoms. The minimum atomic E-state index is -0.870. The quantitative estimate of drug-likeness (QED) is 0.285. The van der Waals surface area contributed by atoms with Gasteiger partial charge in [0.25, 0.3) is 11.7 Å². The van der Waals surface area contributed by atoms with Crippen molar-refractivity contribution in [2.24, 2.45) is 0 Å². The summed E-state index contributed by atoms with van der Waals surface area (Å²) in [7, 11) is 2.75. The molecular formula is C23H18Cl2N2O5S. The zero-order valence-corrected chi connectivity index (χ0v) is 19.9. The van der Waals surface area contributed by atoms with Gasteiger partial charge in [0.15, 0.2) is 11.5 Å². The normalized spacial score (nSPS) is 17.5. The molecule has 33 heavy (non-hydrogen) atoms. The number of ether oxygens (including phenoxy) is 2. The van der Waals surface area contributed by atoms with Gasteiger partial charge in [-0.25, -0.2) is 0 Å². The zero-order valence-electron chi connectivity index (χ0n) is 17.5. The Kier molecular flexibility index (Phi) is 6.60. The summed E-state index contributed by atoms with van der Waals surface area (Å²) >= 11 is 14.1. The Morgan fingerprint density at radius 2 is 1.94 bits per heavy atom. The molecule has 1 N–H and O–H groups in total. The maximum Gasteiger partial charge on any atom is 0.295 e. The van der Waals surface area contributed by atoms with Crippen LogP contribution in [0, 0.1) is 0 Å². The number of hydrogen-bond donors (Lipinski definition) is 1. The zero-order chi connectivity index (χ0) is 23.7. The fourth-order valence-electron chi connectivity index (χ4n) is 3.79. The van der Waals surface area contributed by atoms with Crippen LogP contribution in [0.4, 0.5) is 0 Å². The standard InChI is InChI=1S/C23H18Cl2N2O5S/c1-31-21-14(9-15(24)22(32-2)17(21)25)19(28)16-18(12-5-3-7-26-10-12)27(23(30)20(16)29)11-13-6-4-8-33-13/h3-10,18,28H,11H2,1-2H3/b19-16+. The third-order valence-electron chi connectivity index (χ3n) is 5.24. The van der Waals surface area contributed by atoms with Crippen molar-refractivity contribution in [2.45, 2.75) is 12.6 Å². The van der Waals surface area contributed by atoms with Crippen molar-refractivity contribution in [1.29, 1.82) is 0 Å². The van der Waals surface area contributed by atoms with Gasteiger partial charge in [0, 0.05) is 17.3 Å². The predicted octanol–water partition coefficient (Wildman–Crippen LogP) is 5.09. The van der Waals surface area contributed by atoms with Gasteiger partial charge in [-0.1, -0.05) is 35.3 Å². The first-order chi connectivity index (χ1) is 15.9. The van der Waals surface area contributed by atoms with E-state index >= 15 is 0 Å². The van der Waals surface area contributed by atoms with Crippen LogP contribution in [0.3, 0.4) is 0 Å². The molecule has 1 atom stereocenters. The number of aliphatic hydroxyl groups excluding tert-OH is 1. The number of aromatic nitrogens is 1. The van der Waals surface area contributed by atoms with Gasteiger partial charge in [0.2, 0.25) is 0 Å². The molecule has 0 aliphatic carbocycles. The lowest BCUT2D eigenvalue weighted by Gasteiger charge is -2.25. The fraction of sp³-hybridized carbons (Fsp3) is 0.174. The van der Waals surface area contributed by atoms with Gasteiger partial charge < -0.3 is 19.5 Å². The number of aliphatic hydroxyl groups is 1. The van der Waals surface area contributed by atoms with E-state index < -0.39 is 23.5 Å². The van der Waals surface area contributed by atoms with E-state index in [0.29, 0.717) is 5.56 Å². The summed E-state index contributed by atoms with van der Waals surface area (Å²) in [5.41, 5.74) is 0.524. The molecule has 1 aliphatic heterocycles. The molecule has 1 fully saturated rings. The van der Waals surface area contributed by atoms with Crippen LogP contribution in [0.2, 0.25) is 10.0 Å². The number of halogens is 2. The highest BCUT2D eigenvalue weighted by atomic mass is 35.5. The number of benzene rings is 1. The minimum Gasteiger partial charge on any atom is -0.507 e. The van der Waals surface area contributed by atoms with E-state index in [0.717, 1.165) is 4.88 Å². The third kappa shape index (κ3) is 4.06. The highest BCUT2D eigenvalue weighted by Crippen LogP contribution is 2.47. The first kappa shape index (κ1) is 23.1. The molecule has 1 amide bonds. The molecule has 4 rings (SSSR count). The van der Waals surface area contributed by atoms with Gasteiger partial charge in [-0.05, 0) is 29.1 Å². The van der Waals surface area contributed by atoms with Crippen LogP contribution in [0.5, 0.6) is 11.5 Å². The van der Waals surface area contributed by atoms with Crippen molar-refractivity contribution in [1.82, 2.24) is 9.88 Å². The van der Waals surface area contributed by atoms with Crippen molar-refractivity contribution in [3.8, 4) is 11.5 Å². The number of Topliss-reactive ketones (excluding diaryl/α,β-unsaturated/α-hetero) is 1. The van der Waals surface area contributed by atoms with Crippen LogP contribution < -0.4 is 9.47 Å². The Labute approximate surface area is 203 Å². The summed E-state index contributed by atoms with van der Waals surface area (Å²) in [4.78, 5) is 32.7. The number of pyridine rings is 1. The van der Waals surface area contributed by atoms with Crippen molar-refractivity contribution in [2.75, 3.05) is 14.2 Å². The summed E-state index contributed by atoms with van der Waals surface area (Å²) in [5, 5.41) is 13.4. The molecule has 7 nitrogen and oxygen atoms in total. The highest BCUT2D eigenvalue weighted by Gasteiger charge is 2.46. The number of carbonyl (C=O) groups excluding carboxylic acids is 2. The van der Waals surface area contributed by atoms with E-state index in [-0.39, 0.29) is 39.2 Å². The summed E-state index contributed by atoms with van der Waals surface area (Å²) < 4.78 is 10.6. The summed E-state index contributed by atoms with van der Waals surface area (Å²) in [5.74, 6) is -1.80. The smallest absolute Gasteiger partial charge is 0.295 e. The van der Waals surface area contributed by atoms with Gasteiger partial charge in [-0.15, -0.1) is 11.3 Å². The summed E-state index contributed by atoms with van der Waals surface area (Å²) in [6.45, 7) is 0.194. The van der Waals surface area contributed by atoms with Crippen molar-refractivity contribution >= 4 is 52.0 Å². The van der Waals surface area contributed by atoms with Crippen molar-refractivity contribution in [3.05, 3.63) is 79.7 Å². The van der Waals surface area contributed by atoms with Crippen molar-refractivity contribution in [3.63, 3.8) is 0 Å². The van der Waals surface area contributed by atoms with Crippen LogP contribution in [0.1, 0.15) is 22.0 Å². The second-order valence-electron chi connectivity index (χ2n) is 7.08. The molecule has 1 unspecified atom stereocenters. The number of rotatable bonds is 6. The number of ketones is 1. The van der Waals surface area contributed by atoms with Gasteiger partial charge >= 0.3 is 0 Å². The number of amides is 1. The van der Waals surface area contributed by atoms with E-state index in [9.17, 15) is 14.7 Å². The largest absolute Gasteiger partial charge is 0.507 e. The summed E-state index contributed by atoms with van der Waals surface area (Å²) in [6, 6.07) is 7.68. The third-order valence-corrected chi connectivity index (χ3v) is 6.73. The number of carbonyl (C=O) groups is 2. The van der Waals surface area contributed by atoms with E-state index in [1.54, 1.807) is 24.5 Å². The Morgan fingerprint density at radius 1 is 1.18 bits per heavy atom. The molecule has 1 saturated heterocycles. The number of thiophene rings is 1. The van der Waals surface area contributed by atoms with Crippen LogP contribution >= 0.6 is 34.5 Å². The first-order valence-corrected chi connectivity index (χ1v) is 11.3.